The van der Waals surface area contributed by atoms with Gasteiger partial charge in [0.05, 0.1) is 18.9 Å². The Morgan fingerprint density at radius 2 is 1.89 bits per heavy atom. The lowest BCUT2D eigenvalue weighted by Gasteiger charge is -2.43. The minimum Gasteiger partial charge on any atom is -0.378 e. The Morgan fingerprint density at radius 1 is 1.15 bits per heavy atom. The molecule has 0 spiro atoms. The number of hydrogen-bond donors (Lipinski definition) is 0. The fraction of sp³-hybridized carbons (Fsp3) is 0.591. The molecule has 5 heteroatoms. The lowest BCUT2D eigenvalue weighted by atomic mass is 9.82. The fourth-order valence-electron chi connectivity index (χ4n) is 4.71. The molecule has 2 heterocycles. The average molecular weight is 388 g/mol. The van der Waals surface area contributed by atoms with Gasteiger partial charge >= 0.3 is 0 Å². The summed E-state index contributed by atoms with van der Waals surface area (Å²) in [6.07, 6.45) is 6.05. The van der Waals surface area contributed by atoms with Crippen molar-refractivity contribution in [2.75, 3.05) is 19.8 Å². The predicted octanol–water partition coefficient (Wildman–Crippen LogP) is 4.35. The molecule has 1 aliphatic heterocycles. The van der Waals surface area contributed by atoms with E-state index in [0.29, 0.717) is 18.0 Å². The number of rotatable bonds is 4. The molecule has 1 aromatic carbocycles. The van der Waals surface area contributed by atoms with Gasteiger partial charge in [-0.25, -0.2) is 0 Å². The van der Waals surface area contributed by atoms with Crippen LogP contribution in [0.1, 0.15) is 48.6 Å². The topological polar surface area (TPSA) is 30.3 Å². The molecule has 1 saturated heterocycles. The maximum Gasteiger partial charge on any atom is 0.0658 e. The lowest BCUT2D eigenvalue weighted by Crippen LogP contribution is -2.52. The summed E-state index contributed by atoms with van der Waals surface area (Å²) in [5.74, 6) is 0.622. The maximum atomic E-state index is 6.04. The third-order valence-electron chi connectivity index (χ3n) is 6.37. The van der Waals surface area contributed by atoms with E-state index in [2.05, 4.69) is 30.0 Å². The third kappa shape index (κ3) is 4.39. The summed E-state index contributed by atoms with van der Waals surface area (Å²) in [6.45, 7) is 4.88. The Labute approximate surface area is 167 Å². The molecule has 146 valence electrons. The van der Waals surface area contributed by atoms with Crippen LogP contribution in [0.5, 0.6) is 0 Å². The van der Waals surface area contributed by atoms with Crippen molar-refractivity contribution in [3.63, 3.8) is 0 Å². The molecule has 4 rings (SSSR count). The predicted molar refractivity (Wildman–Crippen MR) is 109 cm³/mol. The highest BCUT2D eigenvalue weighted by Gasteiger charge is 2.33. The average Bonchev–Trinajstić information content (AvgIpc) is 3.03. The number of morpholine rings is 1. The van der Waals surface area contributed by atoms with Gasteiger partial charge in [-0.05, 0) is 62.8 Å². The molecular formula is C22H30ClN3O. The van der Waals surface area contributed by atoms with Crippen LogP contribution in [0.15, 0.2) is 30.3 Å². The molecule has 0 amide bonds. The fourth-order valence-corrected chi connectivity index (χ4v) is 4.83. The molecule has 0 N–H and O–H groups in total. The highest BCUT2D eigenvalue weighted by molar-refractivity contribution is 6.30. The first-order chi connectivity index (χ1) is 13.1. The van der Waals surface area contributed by atoms with Crippen molar-refractivity contribution < 1.29 is 4.74 Å². The number of hydrogen-bond acceptors (Lipinski definition) is 3. The van der Waals surface area contributed by atoms with Gasteiger partial charge in [-0.15, -0.1) is 0 Å². The summed E-state index contributed by atoms with van der Waals surface area (Å²) in [7, 11) is 2.04. The van der Waals surface area contributed by atoms with Gasteiger partial charge in [0.25, 0.3) is 0 Å². The van der Waals surface area contributed by atoms with E-state index in [9.17, 15) is 0 Å². The van der Waals surface area contributed by atoms with Crippen LogP contribution in [0.25, 0.3) is 0 Å². The summed E-state index contributed by atoms with van der Waals surface area (Å²) in [5.41, 5.74) is 3.88. The Kier molecular flexibility index (Phi) is 5.86. The first-order valence-electron chi connectivity index (χ1n) is 10.2. The van der Waals surface area contributed by atoms with Crippen molar-refractivity contribution in [2.45, 2.75) is 57.0 Å². The van der Waals surface area contributed by atoms with Crippen LogP contribution in [0.3, 0.4) is 0 Å². The highest BCUT2D eigenvalue weighted by atomic mass is 35.5. The number of aromatic nitrogens is 2. The van der Waals surface area contributed by atoms with E-state index in [1.807, 2.05) is 23.9 Å². The standard InChI is InChI=1S/C22H30ClN3O/c1-16-13-22(24-25(16)2)18-5-9-20(10-6-18)26-11-12-27-15-21(26)14-17-3-7-19(23)8-4-17/h3-4,7-8,13,18,20-21H,5-6,9-12,14-15H2,1-2H3/t18?,20?,21-/m0/s1. The summed E-state index contributed by atoms with van der Waals surface area (Å²) < 4.78 is 7.83. The van der Waals surface area contributed by atoms with Gasteiger partial charge in [0.1, 0.15) is 0 Å². The van der Waals surface area contributed by atoms with Crippen LogP contribution >= 0.6 is 11.6 Å². The summed E-state index contributed by atoms with van der Waals surface area (Å²) >= 11 is 6.04. The molecule has 4 nitrogen and oxygen atoms in total. The molecule has 2 aliphatic rings. The van der Waals surface area contributed by atoms with Gasteiger partial charge < -0.3 is 4.74 Å². The maximum absolute atomic E-state index is 6.04. The van der Waals surface area contributed by atoms with Crippen molar-refractivity contribution in [2.24, 2.45) is 7.05 Å². The van der Waals surface area contributed by atoms with Crippen LogP contribution in [0.2, 0.25) is 5.02 Å². The zero-order valence-corrected chi connectivity index (χ0v) is 17.2. The Bertz CT molecular complexity index is 730. The van der Waals surface area contributed by atoms with Gasteiger partial charge in [0, 0.05) is 42.3 Å². The first-order valence-corrected chi connectivity index (χ1v) is 10.6. The van der Waals surface area contributed by atoms with Crippen molar-refractivity contribution in [3.8, 4) is 0 Å². The lowest BCUT2D eigenvalue weighted by molar-refractivity contribution is -0.0367. The number of halogens is 1. The second-order valence-electron chi connectivity index (χ2n) is 8.14. The minimum absolute atomic E-state index is 0.471. The zero-order valence-electron chi connectivity index (χ0n) is 16.4. The van der Waals surface area contributed by atoms with Crippen molar-refractivity contribution in [3.05, 3.63) is 52.3 Å². The quantitative estimate of drug-likeness (QED) is 0.781. The second kappa shape index (κ2) is 8.34. The van der Waals surface area contributed by atoms with Crippen molar-refractivity contribution in [1.82, 2.24) is 14.7 Å². The van der Waals surface area contributed by atoms with Crippen LogP contribution in [-0.2, 0) is 18.2 Å². The van der Waals surface area contributed by atoms with E-state index in [0.717, 1.165) is 31.2 Å². The van der Waals surface area contributed by atoms with Crippen molar-refractivity contribution >= 4 is 11.6 Å². The number of aryl methyl sites for hydroxylation is 2. The summed E-state index contributed by atoms with van der Waals surface area (Å²) in [6, 6.07) is 11.7. The first kappa shape index (κ1) is 19.0. The van der Waals surface area contributed by atoms with Crippen LogP contribution < -0.4 is 0 Å². The van der Waals surface area contributed by atoms with E-state index >= 15 is 0 Å². The number of nitrogens with zero attached hydrogens (tertiary/aromatic N) is 3. The summed E-state index contributed by atoms with van der Waals surface area (Å²) in [4.78, 5) is 2.72. The van der Waals surface area contributed by atoms with Gasteiger partial charge in [-0.3, -0.25) is 9.58 Å². The van der Waals surface area contributed by atoms with E-state index in [-0.39, 0.29) is 0 Å². The number of ether oxygens (including phenoxy) is 1. The van der Waals surface area contributed by atoms with E-state index in [4.69, 9.17) is 21.4 Å². The van der Waals surface area contributed by atoms with Crippen LogP contribution in [-0.4, -0.2) is 46.5 Å². The molecular weight excluding hydrogens is 358 g/mol. The molecule has 0 unspecified atom stereocenters. The van der Waals surface area contributed by atoms with Gasteiger partial charge in [0.2, 0.25) is 0 Å². The molecule has 1 saturated carbocycles. The normalized spacial score (nSPS) is 27.0. The van der Waals surface area contributed by atoms with Crippen LogP contribution in [0, 0.1) is 6.92 Å². The largest absolute Gasteiger partial charge is 0.378 e. The molecule has 2 aromatic rings. The Balaban J connectivity index is 1.38. The molecule has 1 atom stereocenters. The van der Waals surface area contributed by atoms with Crippen LogP contribution in [0.4, 0.5) is 0 Å². The van der Waals surface area contributed by atoms with E-state index < -0.39 is 0 Å². The van der Waals surface area contributed by atoms with Gasteiger partial charge in [0.15, 0.2) is 0 Å². The highest BCUT2D eigenvalue weighted by Crippen LogP contribution is 2.35. The van der Waals surface area contributed by atoms with E-state index in [1.54, 1.807) is 0 Å². The smallest absolute Gasteiger partial charge is 0.0658 e. The van der Waals surface area contributed by atoms with Crippen molar-refractivity contribution in [1.29, 1.82) is 0 Å². The van der Waals surface area contributed by atoms with E-state index in [1.165, 1.54) is 42.6 Å². The number of benzene rings is 1. The second-order valence-corrected chi connectivity index (χ2v) is 8.57. The molecule has 0 radical (unpaired) electrons. The Morgan fingerprint density at radius 3 is 2.56 bits per heavy atom. The molecule has 1 aliphatic carbocycles. The SMILES string of the molecule is Cc1cc(C2CCC(N3CCOC[C@@H]3Cc3ccc(Cl)cc3)CC2)nn1C. The Hall–Kier alpha value is -1.36. The monoisotopic (exact) mass is 387 g/mol. The molecule has 1 aromatic heterocycles. The third-order valence-corrected chi connectivity index (χ3v) is 6.63. The van der Waals surface area contributed by atoms with Gasteiger partial charge in [-0.1, -0.05) is 23.7 Å². The molecule has 27 heavy (non-hydrogen) atoms. The van der Waals surface area contributed by atoms with Gasteiger partial charge in [-0.2, -0.15) is 5.10 Å². The minimum atomic E-state index is 0.471. The summed E-state index contributed by atoms with van der Waals surface area (Å²) in [5, 5.41) is 5.53. The molecule has 2 fully saturated rings. The zero-order chi connectivity index (χ0) is 18.8. The molecule has 0 bridgehead atoms.